The molecule has 0 fully saturated rings. The van der Waals surface area contributed by atoms with Crippen molar-refractivity contribution in [3.8, 4) is 11.3 Å². The molecular formula is C20H16Cl2F2N2O2. The second kappa shape index (κ2) is 8.71. The van der Waals surface area contributed by atoms with E-state index in [0.717, 1.165) is 12.1 Å². The number of hydrogen-bond donors (Lipinski definition) is 1. The molecule has 0 aliphatic rings. The highest BCUT2D eigenvalue weighted by Gasteiger charge is 2.16. The Bertz CT molecular complexity index is 1010. The summed E-state index contributed by atoms with van der Waals surface area (Å²) in [4.78, 5) is 16.3. The molecule has 28 heavy (non-hydrogen) atoms. The fourth-order valence-electron chi connectivity index (χ4n) is 2.70. The van der Waals surface area contributed by atoms with Crippen molar-refractivity contribution in [2.24, 2.45) is 0 Å². The predicted octanol–water partition coefficient (Wildman–Crippen LogP) is 5.74. The molecule has 0 saturated heterocycles. The van der Waals surface area contributed by atoms with E-state index in [-0.39, 0.29) is 24.3 Å². The van der Waals surface area contributed by atoms with Crippen molar-refractivity contribution in [3.63, 3.8) is 0 Å². The number of halogens is 4. The number of amides is 1. The summed E-state index contributed by atoms with van der Waals surface area (Å²) in [6.07, 6.45) is 1.88. The minimum absolute atomic E-state index is 0.0987. The van der Waals surface area contributed by atoms with Gasteiger partial charge in [-0.3, -0.25) is 4.79 Å². The van der Waals surface area contributed by atoms with E-state index < -0.39 is 17.7 Å². The molecule has 3 aromatic rings. The van der Waals surface area contributed by atoms with Gasteiger partial charge in [0, 0.05) is 35.1 Å². The first-order chi connectivity index (χ1) is 13.3. The van der Waals surface area contributed by atoms with Gasteiger partial charge in [-0.1, -0.05) is 29.3 Å². The maximum absolute atomic E-state index is 13.8. The first-order valence-electron chi connectivity index (χ1n) is 8.48. The molecule has 0 aliphatic carbocycles. The van der Waals surface area contributed by atoms with Crippen molar-refractivity contribution in [3.05, 3.63) is 75.7 Å². The molecule has 0 spiro atoms. The van der Waals surface area contributed by atoms with Gasteiger partial charge in [0.15, 0.2) is 11.7 Å². The van der Waals surface area contributed by atoms with Crippen LogP contribution < -0.4 is 5.32 Å². The second-order valence-corrected chi connectivity index (χ2v) is 7.04. The third-order valence-electron chi connectivity index (χ3n) is 4.12. The van der Waals surface area contributed by atoms with Crippen LogP contribution in [0.2, 0.25) is 10.0 Å². The van der Waals surface area contributed by atoms with Gasteiger partial charge in [0.2, 0.25) is 5.91 Å². The van der Waals surface area contributed by atoms with Crippen LogP contribution in [-0.2, 0) is 11.2 Å². The molecule has 4 nitrogen and oxygen atoms in total. The van der Waals surface area contributed by atoms with Crippen molar-refractivity contribution < 1.29 is 18.0 Å². The summed E-state index contributed by atoms with van der Waals surface area (Å²) in [6.45, 7) is 1.62. The average molecular weight is 425 g/mol. The lowest BCUT2D eigenvalue weighted by Gasteiger charge is -2.14. The van der Waals surface area contributed by atoms with Gasteiger partial charge in [-0.25, -0.2) is 13.8 Å². The molecular weight excluding hydrogens is 409 g/mol. The Labute approximate surface area is 170 Å². The highest BCUT2D eigenvalue weighted by atomic mass is 35.5. The number of oxazole rings is 1. The summed E-state index contributed by atoms with van der Waals surface area (Å²) in [7, 11) is 0. The molecule has 1 aromatic heterocycles. The van der Waals surface area contributed by atoms with E-state index in [0.29, 0.717) is 27.3 Å². The maximum atomic E-state index is 13.8. The topological polar surface area (TPSA) is 55.1 Å². The van der Waals surface area contributed by atoms with Crippen LogP contribution in [0.3, 0.4) is 0 Å². The summed E-state index contributed by atoms with van der Waals surface area (Å²) in [5, 5.41) is 3.62. The van der Waals surface area contributed by atoms with Crippen LogP contribution in [0, 0.1) is 11.6 Å². The Morgan fingerprint density at radius 1 is 1.21 bits per heavy atom. The van der Waals surface area contributed by atoms with Crippen LogP contribution >= 0.6 is 23.2 Å². The molecule has 3 rings (SSSR count). The Balaban J connectivity index is 1.58. The summed E-state index contributed by atoms with van der Waals surface area (Å²) in [6, 6.07) is 7.66. The van der Waals surface area contributed by atoms with Crippen LogP contribution in [0.1, 0.15) is 30.8 Å². The zero-order valence-corrected chi connectivity index (χ0v) is 16.3. The minimum Gasteiger partial charge on any atom is -0.441 e. The van der Waals surface area contributed by atoms with E-state index in [1.807, 2.05) is 0 Å². The van der Waals surface area contributed by atoms with Gasteiger partial charge >= 0.3 is 0 Å². The lowest BCUT2D eigenvalue weighted by Crippen LogP contribution is -2.27. The molecule has 0 aliphatic heterocycles. The van der Waals surface area contributed by atoms with E-state index in [4.69, 9.17) is 27.6 Å². The van der Waals surface area contributed by atoms with Gasteiger partial charge in [-0.2, -0.15) is 0 Å². The summed E-state index contributed by atoms with van der Waals surface area (Å²) >= 11 is 12.0. The highest BCUT2D eigenvalue weighted by Crippen LogP contribution is 2.30. The molecule has 1 heterocycles. The van der Waals surface area contributed by atoms with Gasteiger partial charge in [-0.05, 0) is 31.2 Å². The smallest absolute Gasteiger partial charge is 0.220 e. The lowest BCUT2D eigenvalue weighted by molar-refractivity contribution is -0.121. The number of carbonyl (C=O) groups excluding carboxylic acids is 1. The second-order valence-electron chi connectivity index (χ2n) is 6.20. The van der Waals surface area contributed by atoms with E-state index in [1.165, 1.54) is 12.3 Å². The summed E-state index contributed by atoms with van der Waals surface area (Å²) in [5.74, 6) is -0.832. The third kappa shape index (κ3) is 4.88. The quantitative estimate of drug-likeness (QED) is 0.548. The Morgan fingerprint density at radius 3 is 2.71 bits per heavy atom. The molecule has 0 radical (unpaired) electrons. The molecule has 1 atom stereocenters. The number of nitrogens with one attached hydrogen (secondary N) is 1. The van der Waals surface area contributed by atoms with E-state index in [1.54, 1.807) is 25.1 Å². The van der Waals surface area contributed by atoms with Crippen molar-refractivity contribution >= 4 is 29.1 Å². The standard InChI is InChI=1S/C20H16Cl2F2N2O2/c1-11(14-5-3-13(23)9-17(14)24)26-19(27)6-7-20-25-10-18(28-20)15-4-2-12(21)8-16(15)22/h2-5,8-11H,6-7H2,1H3,(H,26,27)/t11-/m1/s1. The number of rotatable bonds is 6. The molecule has 1 amide bonds. The Morgan fingerprint density at radius 2 is 2.00 bits per heavy atom. The van der Waals surface area contributed by atoms with E-state index in [2.05, 4.69) is 10.3 Å². The Hall–Kier alpha value is -2.44. The number of carbonyl (C=O) groups is 1. The molecule has 0 unspecified atom stereocenters. The van der Waals surface area contributed by atoms with Crippen molar-refractivity contribution in [1.82, 2.24) is 10.3 Å². The Kier molecular flexibility index (Phi) is 6.31. The SMILES string of the molecule is C[C@@H](NC(=O)CCc1ncc(-c2ccc(Cl)cc2Cl)o1)c1ccc(F)cc1F. The van der Waals surface area contributed by atoms with E-state index >= 15 is 0 Å². The minimum atomic E-state index is -0.704. The summed E-state index contributed by atoms with van der Waals surface area (Å²) in [5.41, 5.74) is 0.861. The van der Waals surface area contributed by atoms with Crippen molar-refractivity contribution in [1.29, 1.82) is 0 Å². The average Bonchev–Trinajstić information content (AvgIpc) is 3.08. The van der Waals surface area contributed by atoms with Gasteiger partial charge < -0.3 is 9.73 Å². The molecule has 1 N–H and O–H groups in total. The van der Waals surface area contributed by atoms with Crippen LogP contribution in [0.15, 0.2) is 47.0 Å². The van der Waals surface area contributed by atoms with Gasteiger partial charge in [-0.15, -0.1) is 0 Å². The fourth-order valence-corrected chi connectivity index (χ4v) is 3.21. The van der Waals surface area contributed by atoms with Crippen LogP contribution in [-0.4, -0.2) is 10.9 Å². The molecule has 2 aromatic carbocycles. The molecule has 0 saturated carbocycles. The third-order valence-corrected chi connectivity index (χ3v) is 4.67. The largest absolute Gasteiger partial charge is 0.441 e. The molecule has 0 bridgehead atoms. The van der Waals surface area contributed by atoms with Crippen molar-refractivity contribution in [2.45, 2.75) is 25.8 Å². The zero-order chi connectivity index (χ0) is 20.3. The van der Waals surface area contributed by atoms with Gasteiger partial charge in [0.25, 0.3) is 0 Å². The summed E-state index contributed by atoms with van der Waals surface area (Å²) < 4.78 is 32.4. The molecule has 146 valence electrons. The first-order valence-corrected chi connectivity index (χ1v) is 9.23. The normalized spacial score (nSPS) is 12.0. The van der Waals surface area contributed by atoms with Crippen molar-refractivity contribution in [2.75, 3.05) is 0 Å². The number of hydrogen-bond acceptors (Lipinski definition) is 3. The van der Waals surface area contributed by atoms with Gasteiger partial charge in [0.1, 0.15) is 11.6 Å². The fraction of sp³-hybridized carbons (Fsp3) is 0.200. The highest BCUT2D eigenvalue weighted by molar-refractivity contribution is 6.36. The first kappa shape index (κ1) is 20.3. The molecule has 8 heteroatoms. The predicted molar refractivity (Wildman–Crippen MR) is 103 cm³/mol. The van der Waals surface area contributed by atoms with Gasteiger partial charge in [0.05, 0.1) is 17.3 Å². The number of benzene rings is 2. The zero-order valence-electron chi connectivity index (χ0n) is 14.8. The monoisotopic (exact) mass is 424 g/mol. The maximum Gasteiger partial charge on any atom is 0.220 e. The number of nitrogens with zero attached hydrogens (tertiary/aromatic N) is 1. The van der Waals surface area contributed by atoms with Crippen LogP contribution in [0.4, 0.5) is 8.78 Å². The number of aryl methyl sites for hydroxylation is 1. The number of aromatic nitrogens is 1. The lowest BCUT2D eigenvalue weighted by atomic mass is 10.1. The van der Waals surface area contributed by atoms with Crippen LogP contribution in [0.5, 0.6) is 0 Å². The van der Waals surface area contributed by atoms with Crippen LogP contribution in [0.25, 0.3) is 11.3 Å². The van der Waals surface area contributed by atoms with E-state index in [9.17, 15) is 13.6 Å².